The average molecular weight is 431 g/mol. The minimum atomic E-state index is 0.143. The Morgan fingerprint density at radius 2 is 1.80 bits per heavy atom. The molecule has 0 aromatic heterocycles. The first kappa shape index (κ1) is 23.9. The van der Waals surface area contributed by atoms with E-state index >= 15 is 0 Å². The van der Waals surface area contributed by atoms with Crippen molar-refractivity contribution in [3.8, 4) is 11.5 Å². The van der Waals surface area contributed by atoms with E-state index in [0.717, 1.165) is 29.6 Å². The molecule has 2 rings (SSSR count). The highest BCUT2D eigenvalue weighted by molar-refractivity contribution is 7.98. The quantitative estimate of drug-likeness (QED) is 0.359. The molecule has 1 atom stereocenters. The van der Waals surface area contributed by atoms with E-state index in [1.54, 1.807) is 33.0 Å². The zero-order chi connectivity index (χ0) is 22.1. The van der Waals surface area contributed by atoms with Crippen LogP contribution in [0.25, 0.3) is 0 Å². The summed E-state index contributed by atoms with van der Waals surface area (Å²) >= 11 is 1.77. The minimum absolute atomic E-state index is 0.143. The lowest BCUT2D eigenvalue weighted by molar-refractivity contribution is 0.295. The van der Waals surface area contributed by atoms with Crippen LogP contribution in [0.2, 0.25) is 0 Å². The molecular formula is C23H34N4O2S. The van der Waals surface area contributed by atoms with Gasteiger partial charge in [0.05, 0.1) is 20.3 Å². The number of methoxy groups -OCH3 is 2. The summed E-state index contributed by atoms with van der Waals surface area (Å²) in [4.78, 5) is 7.85. The van der Waals surface area contributed by atoms with Gasteiger partial charge >= 0.3 is 0 Å². The van der Waals surface area contributed by atoms with E-state index in [1.807, 2.05) is 12.1 Å². The summed E-state index contributed by atoms with van der Waals surface area (Å²) in [5.74, 6) is 2.23. The Balaban J connectivity index is 2.06. The van der Waals surface area contributed by atoms with E-state index in [1.165, 1.54) is 16.0 Å². The number of hydrogen-bond donors (Lipinski definition) is 2. The number of aryl methyl sites for hydroxylation is 1. The van der Waals surface area contributed by atoms with Gasteiger partial charge in [-0.3, -0.25) is 4.99 Å². The van der Waals surface area contributed by atoms with Crippen LogP contribution in [0.4, 0.5) is 0 Å². The van der Waals surface area contributed by atoms with E-state index in [2.05, 4.69) is 72.1 Å². The Labute approximate surface area is 185 Å². The summed E-state index contributed by atoms with van der Waals surface area (Å²) in [5, 5.41) is 6.88. The average Bonchev–Trinajstić information content (AvgIpc) is 2.76. The molecular weight excluding hydrogens is 396 g/mol. The normalized spacial score (nSPS) is 12.6. The first-order valence-electron chi connectivity index (χ1n) is 9.89. The maximum Gasteiger partial charge on any atom is 0.191 e. The van der Waals surface area contributed by atoms with Crippen molar-refractivity contribution in [3.63, 3.8) is 0 Å². The smallest absolute Gasteiger partial charge is 0.191 e. The van der Waals surface area contributed by atoms with Gasteiger partial charge < -0.3 is 25.0 Å². The predicted molar refractivity (Wildman–Crippen MR) is 127 cm³/mol. The monoisotopic (exact) mass is 430 g/mol. The first-order chi connectivity index (χ1) is 14.4. The van der Waals surface area contributed by atoms with Gasteiger partial charge in [-0.1, -0.05) is 18.2 Å². The van der Waals surface area contributed by atoms with Gasteiger partial charge in [0.1, 0.15) is 0 Å². The Hall–Kier alpha value is -2.38. The molecule has 7 heteroatoms. The molecule has 0 aliphatic rings. The Morgan fingerprint density at radius 3 is 2.40 bits per heavy atom. The van der Waals surface area contributed by atoms with Gasteiger partial charge in [-0.05, 0) is 62.2 Å². The van der Waals surface area contributed by atoms with Crippen LogP contribution in [-0.4, -0.2) is 59.0 Å². The van der Waals surface area contributed by atoms with E-state index in [0.29, 0.717) is 6.54 Å². The molecule has 0 aliphatic heterocycles. The third kappa shape index (κ3) is 6.31. The third-order valence-corrected chi connectivity index (χ3v) is 5.81. The van der Waals surface area contributed by atoms with Crippen molar-refractivity contribution >= 4 is 17.7 Å². The molecule has 30 heavy (non-hydrogen) atoms. The van der Waals surface area contributed by atoms with E-state index < -0.39 is 0 Å². The fourth-order valence-corrected chi connectivity index (χ4v) is 3.96. The zero-order valence-electron chi connectivity index (χ0n) is 19.1. The van der Waals surface area contributed by atoms with Crippen LogP contribution in [0.1, 0.15) is 22.7 Å². The molecule has 0 fully saturated rings. The SMILES string of the molecule is CN=C(NCc1ccc(C)cc1SC)NCC(c1ccc(OC)c(OC)c1)N(C)C. The van der Waals surface area contributed by atoms with Gasteiger partial charge in [0, 0.05) is 25.0 Å². The number of rotatable bonds is 9. The Morgan fingerprint density at radius 1 is 1.07 bits per heavy atom. The lowest BCUT2D eigenvalue weighted by atomic mass is 10.1. The third-order valence-electron chi connectivity index (χ3n) is 4.99. The molecule has 0 radical (unpaired) electrons. The van der Waals surface area contributed by atoms with Gasteiger partial charge in [0.25, 0.3) is 0 Å². The molecule has 2 N–H and O–H groups in total. The van der Waals surface area contributed by atoms with Crippen LogP contribution < -0.4 is 20.1 Å². The second-order valence-electron chi connectivity index (χ2n) is 7.22. The van der Waals surface area contributed by atoms with Gasteiger partial charge in [0.2, 0.25) is 0 Å². The Kier molecular flexibility index (Phi) is 9.33. The molecule has 0 bridgehead atoms. The highest BCUT2D eigenvalue weighted by Crippen LogP contribution is 2.31. The van der Waals surface area contributed by atoms with Crippen LogP contribution >= 0.6 is 11.8 Å². The number of aliphatic imine (C=N–C) groups is 1. The van der Waals surface area contributed by atoms with E-state index in [4.69, 9.17) is 9.47 Å². The number of likely N-dealkylation sites (N-methyl/N-ethyl adjacent to an activating group) is 1. The topological polar surface area (TPSA) is 58.1 Å². The molecule has 2 aromatic rings. The van der Waals surface area contributed by atoms with E-state index in [-0.39, 0.29) is 6.04 Å². The fourth-order valence-electron chi connectivity index (χ4n) is 3.25. The number of ether oxygens (including phenoxy) is 2. The number of hydrogen-bond acceptors (Lipinski definition) is 5. The van der Waals surface area contributed by atoms with Gasteiger partial charge in [-0.25, -0.2) is 0 Å². The molecule has 0 aliphatic carbocycles. The summed E-state index contributed by atoms with van der Waals surface area (Å²) in [6.45, 7) is 3.54. The molecule has 0 saturated heterocycles. The van der Waals surface area contributed by atoms with Crippen molar-refractivity contribution in [2.45, 2.75) is 24.4 Å². The number of nitrogens with one attached hydrogen (secondary N) is 2. The van der Waals surface area contributed by atoms with Crippen LogP contribution in [-0.2, 0) is 6.54 Å². The van der Waals surface area contributed by atoms with Crippen molar-refractivity contribution in [1.82, 2.24) is 15.5 Å². The summed E-state index contributed by atoms with van der Waals surface area (Å²) in [7, 11) is 9.23. The molecule has 2 aromatic carbocycles. The molecule has 0 amide bonds. The molecule has 6 nitrogen and oxygen atoms in total. The van der Waals surface area contributed by atoms with Crippen molar-refractivity contribution in [1.29, 1.82) is 0 Å². The van der Waals surface area contributed by atoms with Gasteiger partial charge in [0.15, 0.2) is 17.5 Å². The van der Waals surface area contributed by atoms with Gasteiger partial charge in [-0.2, -0.15) is 0 Å². The molecule has 0 saturated carbocycles. The summed E-state index contributed by atoms with van der Waals surface area (Å²) in [6, 6.07) is 12.7. The number of nitrogens with zero attached hydrogens (tertiary/aromatic N) is 2. The fraction of sp³-hybridized carbons (Fsp3) is 0.435. The summed E-state index contributed by atoms with van der Waals surface area (Å²) in [6.07, 6.45) is 2.11. The summed E-state index contributed by atoms with van der Waals surface area (Å²) in [5.41, 5.74) is 3.68. The number of thioether (sulfide) groups is 1. The summed E-state index contributed by atoms with van der Waals surface area (Å²) < 4.78 is 10.8. The second kappa shape index (κ2) is 11.7. The largest absolute Gasteiger partial charge is 0.493 e. The maximum absolute atomic E-state index is 5.47. The van der Waals surface area contributed by atoms with Crippen LogP contribution in [0, 0.1) is 6.92 Å². The highest BCUT2D eigenvalue weighted by atomic mass is 32.2. The van der Waals surface area contributed by atoms with Crippen LogP contribution in [0.5, 0.6) is 11.5 Å². The first-order valence-corrected chi connectivity index (χ1v) is 11.1. The lowest BCUT2D eigenvalue weighted by Gasteiger charge is -2.26. The standard InChI is InChI=1S/C23H34N4O2S/c1-16-8-9-18(22(12-16)30-7)14-25-23(24-2)26-15-19(27(3)4)17-10-11-20(28-5)21(13-17)29-6/h8-13,19H,14-15H2,1-7H3,(H2,24,25,26). The maximum atomic E-state index is 5.47. The number of benzene rings is 2. The number of guanidine groups is 1. The zero-order valence-corrected chi connectivity index (χ0v) is 19.9. The molecule has 0 spiro atoms. The molecule has 164 valence electrons. The van der Waals surface area contributed by atoms with E-state index in [9.17, 15) is 0 Å². The minimum Gasteiger partial charge on any atom is -0.493 e. The van der Waals surface area contributed by atoms with Crippen LogP contribution in [0.3, 0.4) is 0 Å². The van der Waals surface area contributed by atoms with Crippen molar-refractivity contribution < 1.29 is 9.47 Å². The Bertz CT molecular complexity index is 855. The van der Waals surface area contributed by atoms with Crippen molar-refractivity contribution in [2.24, 2.45) is 4.99 Å². The lowest BCUT2D eigenvalue weighted by Crippen LogP contribution is -2.41. The van der Waals surface area contributed by atoms with Gasteiger partial charge in [-0.15, -0.1) is 11.8 Å². The molecule has 0 heterocycles. The van der Waals surface area contributed by atoms with Crippen molar-refractivity contribution in [2.75, 3.05) is 48.2 Å². The highest BCUT2D eigenvalue weighted by Gasteiger charge is 2.17. The molecule has 1 unspecified atom stereocenters. The van der Waals surface area contributed by atoms with Crippen molar-refractivity contribution in [3.05, 3.63) is 53.1 Å². The van der Waals surface area contributed by atoms with Crippen LogP contribution in [0.15, 0.2) is 46.3 Å². The second-order valence-corrected chi connectivity index (χ2v) is 8.06. The predicted octanol–water partition coefficient (Wildman–Crippen LogP) is 3.70.